The second kappa shape index (κ2) is 5.55. The van der Waals surface area contributed by atoms with Crippen molar-refractivity contribution in [3.8, 4) is 0 Å². The van der Waals surface area contributed by atoms with E-state index in [0.717, 1.165) is 18.5 Å². The van der Waals surface area contributed by atoms with E-state index in [2.05, 4.69) is 11.9 Å². The molecule has 0 saturated heterocycles. The molecule has 1 N–H and O–H groups in total. The Balaban J connectivity index is 2.34. The van der Waals surface area contributed by atoms with Crippen molar-refractivity contribution < 1.29 is 4.39 Å². The van der Waals surface area contributed by atoms with E-state index in [1.54, 1.807) is 12.1 Å². The number of hydrogen-bond acceptors (Lipinski definition) is 1. The topological polar surface area (TPSA) is 12.0 Å². The molecule has 1 unspecified atom stereocenters. The van der Waals surface area contributed by atoms with Crippen molar-refractivity contribution in [3.63, 3.8) is 0 Å². The van der Waals surface area contributed by atoms with Crippen LogP contribution >= 0.6 is 0 Å². The molecule has 76 valence electrons. The first kappa shape index (κ1) is 10.9. The lowest BCUT2D eigenvalue weighted by Gasteiger charge is -2.08. The second-order valence-corrected chi connectivity index (χ2v) is 3.36. The summed E-state index contributed by atoms with van der Waals surface area (Å²) < 4.78 is 12.8. The highest BCUT2D eigenvalue weighted by atomic mass is 19.1. The van der Waals surface area contributed by atoms with E-state index >= 15 is 0 Å². The number of nitrogens with one attached hydrogen (secondary N) is 1. The molecule has 0 aliphatic heterocycles. The molecule has 0 heterocycles. The summed E-state index contributed by atoms with van der Waals surface area (Å²) in [5.41, 5.74) is 1.02. The molecule has 0 fully saturated rings. The highest BCUT2D eigenvalue weighted by Gasteiger charge is 1.97. The highest BCUT2D eigenvalue weighted by Crippen LogP contribution is 2.03. The van der Waals surface area contributed by atoms with Gasteiger partial charge in [0.25, 0.3) is 0 Å². The van der Waals surface area contributed by atoms with Crippen molar-refractivity contribution in [1.82, 2.24) is 5.32 Å². The zero-order chi connectivity index (χ0) is 10.4. The Bertz CT molecular complexity index is 296. The monoisotopic (exact) mass is 193 g/mol. The largest absolute Gasteiger partial charge is 0.310 e. The summed E-state index contributed by atoms with van der Waals surface area (Å²) in [6.45, 7) is 6.56. The predicted molar refractivity (Wildman–Crippen MR) is 57.8 cm³/mol. The zero-order valence-electron chi connectivity index (χ0n) is 8.46. The standard InChI is InChI=1S/C12H16FN/c1-3-10(2)14-8-7-11-5-4-6-12(13)9-11/h3-6,9-10,14H,1,7-8H2,2H3. The van der Waals surface area contributed by atoms with Crippen LogP contribution in [0, 0.1) is 5.82 Å². The number of hydrogen-bond donors (Lipinski definition) is 1. The lowest BCUT2D eigenvalue weighted by Crippen LogP contribution is -2.25. The van der Waals surface area contributed by atoms with Crippen molar-refractivity contribution in [3.05, 3.63) is 48.3 Å². The van der Waals surface area contributed by atoms with E-state index in [9.17, 15) is 4.39 Å². The van der Waals surface area contributed by atoms with Crippen LogP contribution in [0.4, 0.5) is 4.39 Å². The van der Waals surface area contributed by atoms with Crippen LogP contribution in [0.15, 0.2) is 36.9 Å². The number of benzene rings is 1. The third-order valence-electron chi connectivity index (χ3n) is 2.12. The van der Waals surface area contributed by atoms with Gasteiger partial charge in [-0.15, -0.1) is 6.58 Å². The molecule has 1 atom stereocenters. The summed E-state index contributed by atoms with van der Waals surface area (Å²) in [7, 11) is 0. The minimum Gasteiger partial charge on any atom is -0.310 e. The Morgan fingerprint density at radius 1 is 1.57 bits per heavy atom. The first-order chi connectivity index (χ1) is 6.72. The van der Waals surface area contributed by atoms with Crippen molar-refractivity contribution in [2.45, 2.75) is 19.4 Å². The van der Waals surface area contributed by atoms with E-state index in [1.807, 2.05) is 19.1 Å². The van der Waals surface area contributed by atoms with Crippen LogP contribution in [-0.2, 0) is 6.42 Å². The molecule has 0 amide bonds. The van der Waals surface area contributed by atoms with Gasteiger partial charge in [-0.2, -0.15) is 0 Å². The molecule has 1 rings (SSSR count). The van der Waals surface area contributed by atoms with Crippen LogP contribution in [0.2, 0.25) is 0 Å². The van der Waals surface area contributed by atoms with Crippen LogP contribution in [0.1, 0.15) is 12.5 Å². The molecule has 14 heavy (non-hydrogen) atoms. The van der Waals surface area contributed by atoms with Gasteiger partial charge in [0.05, 0.1) is 0 Å². The molecular formula is C12H16FN. The van der Waals surface area contributed by atoms with Crippen LogP contribution in [0.25, 0.3) is 0 Å². The van der Waals surface area contributed by atoms with E-state index in [0.29, 0.717) is 6.04 Å². The normalized spacial score (nSPS) is 12.4. The van der Waals surface area contributed by atoms with E-state index in [1.165, 1.54) is 6.07 Å². The predicted octanol–water partition coefficient (Wildman–Crippen LogP) is 2.53. The summed E-state index contributed by atoms with van der Waals surface area (Å²) >= 11 is 0. The van der Waals surface area contributed by atoms with Gasteiger partial charge in [-0.1, -0.05) is 18.2 Å². The van der Waals surface area contributed by atoms with Gasteiger partial charge in [0, 0.05) is 6.04 Å². The second-order valence-electron chi connectivity index (χ2n) is 3.36. The van der Waals surface area contributed by atoms with Crippen LogP contribution in [-0.4, -0.2) is 12.6 Å². The Labute approximate surface area is 84.6 Å². The van der Waals surface area contributed by atoms with Gasteiger partial charge >= 0.3 is 0 Å². The van der Waals surface area contributed by atoms with Crippen LogP contribution in [0.3, 0.4) is 0 Å². The molecule has 2 heteroatoms. The molecule has 0 radical (unpaired) electrons. The molecule has 0 bridgehead atoms. The van der Waals surface area contributed by atoms with Gasteiger partial charge < -0.3 is 5.32 Å². The average molecular weight is 193 g/mol. The van der Waals surface area contributed by atoms with E-state index in [-0.39, 0.29) is 5.82 Å². The maximum Gasteiger partial charge on any atom is 0.123 e. The van der Waals surface area contributed by atoms with Crippen molar-refractivity contribution in [1.29, 1.82) is 0 Å². The maximum absolute atomic E-state index is 12.8. The van der Waals surface area contributed by atoms with Crippen molar-refractivity contribution in [2.75, 3.05) is 6.54 Å². The smallest absolute Gasteiger partial charge is 0.123 e. The minimum absolute atomic E-state index is 0.167. The average Bonchev–Trinajstić information content (AvgIpc) is 2.17. The first-order valence-corrected chi connectivity index (χ1v) is 4.83. The van der Waals surface area contributed by atoms with Gasteiger partial charge in [-0.25, -0.2) is 4.39 Å². The molecule has 0 aliphatic rings. The highest BCUT2D eigenvalue weighted by molar-refractivity contribution is 5.16. The molecule has 0 aliphatic carbocycles. The Kier molecular flexibility index (Phi) is 4.33. The molecule has 0 aromatic heterocycles. The van der Waals surface area contributed by atoms with Crippen LogP contribution in [0.5, 0.6) is 0 Å². The Morgan fingerprint density at radius 3 is 3.00 bits per heavy atom. The summed E-state index contributed by atoms with van der Waals surface area (Å²) in [5.74, 6) is -0.167. The van der Waals surface area contributed by atoms with Crippen molar-refractivity contribution >= 4 is 0 Å². The van der Waals surface area contributed by atoms with Gasteiger partial charge in [0.2, 0.25) is 0 Å². The van der Waals surface area contributed by atoms with Gasteiger partial charge in [-0.3, -0.25) is 0 Å². The molecule has 1 aromatic carbocycles. The third kappa shape index (κ3) is 3.71. The first-order valence-electron chi connectivity index (χ1n) is 4.83. The number of rotatable bonds is 5. The summed E-state index contributed by atoms with van der Waals surface area (Å²) in [4.78, 5) is 0. The summed E-state index contributed by atoms with van der Waals surface area (Å²) in [5, 5.41) is 3.26. The molecule has 1 aromatic rings. The Hall–Kier alpha value is -1.15. The van der Waals surface area contributed by atoms with Gasteiger partial charge in [0.1, 0.15) is 5.82 Å². The molecular weight excluding hydrogens is 177 g/mol. The molecule has 0 spiro atoms. The fourth-order valence-corrected chi connectivity index (χ4v) is 1.22. The molecule has 1 nitrogen and oxygen atoms in total. The number of halogens is 1. The molecule has 0 saturated carbocycles. The zero-order valence-corrected chi connectivity index (χ0v) is 8.46. The Morgan fingerprint density at radius 2 is 2.36 bits per heavy atom. The van der Waals surface area contributed by atoms with Gasteiger partial charge in [0.15, 0.2) is 0 Å². The fraction of sp³-hybridized carbons (Fsp3) is 0.333. The van der Waals surface area contributed by atoms with E-state index < -0.39 is 0 Å². The quantitative estimate of drug-likeness (QED) is 0.708. The third-order valence-corrected chi connectivity index (χ3v) is 2.12. The van der Waals surface area contributed by atoms with Gasteiger partial charge in [-0.05, 0) is 37.6 Å². The SMILES string of the molecule is C=CC(C)NCCc1cccc(F)c1. The van der Waals surface area contributed by atoms with Crippen molar-refractivity contribution in [2.24, 2.45) is 0 Å². The maximum atomic E-state index is 12.8. The minimum atomic E-state index is -0.167. The van der Waals surface area contributed by atoms with Crippen LogP contribution < -0.4 is 5.32 Å². The lowest BCUT2D eigenvalue weighted by molar-refractivity contribution is 0.615. The van der Waals surface area contributed by atoms with E-state index in [4.69, 9.17) is 0 Å². The fourth-order valence-electron chi connectivity index (χ4n) is 1.22. The summed E-state index contributed by atoms with van der Waals surface area (Å²) in [6.07, 6.45) is 2.70. The lowest BCUT2D eigenvalue weighted by atomic mass is 10.1. The summed E-state index contributed by atoms with van der Waals surface area (Å²) in [6, 6.07) is 7.01.